The van der Waals surface area contributed by atoms with Crippen LogP contribution in [0.5, 0.6) is 0 Å². The van der Waals surface area contributed by atoms with Crippen molar-refractivity contribution in [2.45, 2.75) is 26.7 Å². The molecular weight excluding hydrogens is 200 g/mol. The lowest BCUT2D eigenvalue weighted by Gasteiger charge is -2.10. The van der Waals surface area contributed by atoms with Gasteiger partial charge in [-0.2, -0.15) is 0 Å². The van der Waals surface area contributed by atoms with Crippen LogP contribution >= 0.6 is 0 Å². The van der Waals surface area contributed by atoms with E-state index in [0.717, 1.165) is 12.1 Å². The van der Waals surface area contributed by atoms with E-state index in [2.05, 4.69) is 29.7 Å². The van der Waals surface area contributed by atoms with Gasteiger partial charge in [0.05, 0.1) is 0 Å². The molecule has 0 fully saturated rings. The van der Waals surface area contributed by atoms with E-state index in [1.54, 1.807) is 0 Å². The second-order valence-electron chi connectivity index (χ2n) is 3.64. The Kier molecular flexibility index (Phi) is 5.40. The van der Waals surface area contributed by atoms with Crippen LogP contribution in [0.15, 0.2) is 24.3 Å². The number of anilines is 1. The van der Waals surface area contributed by atoms with Gasteiger partial charge in [-0.05, 0) is 25.0 Å². The molecule has 0 aliphatic heterocycles. The summed E-state index contributed by atoms with van der Waals surface area (Å²) in [4.78, 5) is 11.2. The standard InChI is InChI=1S/C13H20N2O/c1-3-11-7-5-6-8-12(11)15-10-9-13(16)14-4-2/h5-8,15H,3-4,9-10H2,1-2H3,(H,14,16). The zero-order valence-electron chi connectivity index (χ0n) is 10.0. The first-order valence-electron chi connectivity index (χ1n) is 5.86. The van der Waals surface area contributed by atoms with Crippen LogP contribution in [-0.4, -0.2) is 19.0 Å². The fourth-order valence-electron chi connectivity index (χ4n) is 1.60. The van der Waals surface area contributed by atoms with E-state index in [1.807, 2.05) is 19.1 Å². The summed E-state index contributed by atoms with van der Waals surface area (Å²) in [5.74, 6) is 0.101. The first-order valence-corrected chi connectivity index (χ1v) is 5.86. The maximum absolute atomic E-state index is 11.2. The number of carbonyl (C=O) groups excluding carboxylic acids is 1. The third-order valence-electron chi connectivity index (χ3n) is 2.44. The maximum atomic E-state index is 11.2. The minimum atomic E-state index is 0.101. The molecule has 3 heteroatoms. The van der Waals surface area contributed by atoms with Crippen LogP contribution in [0.4, 0.5) is 5.69 Å². The molecule has 16 heavy (non-hydrogen) atoms. The molecule has 3 nitrogen and oxygen atoms in total. The maximum Gasteiger partial charge on any atom is 0.221 e. The quantitative estimate of drug-likeness (QED) is 0.771. The van der Waals surface area contributed by atoms with Gasteiger partial charge in [-0.15, -0.1) is 0 Å². The molecule has 0 atom stereocenters. The lowest BCUT2D eigenvalue weighted by Crippen LogP contribution is -2.24. The predicted octanol–water partition coefficient (Wildman–Crippen LogP) is 2.19. The summed E-state index contributed by atoms with van der Waals surface area (Å²) >= 11 is 0. The number of rotatable bonds is 6. The van der Waals surface area contributed by atoms with E-state index in [-0.39, 0.29) is 5.91 Å². The zero-order chi connectivity index (χ0) is 11.8. The van der Waals surface area contributed by atoms with Gasteiger partial charge in [0.1, 0.15) is 0 Å². The normalized spacial score (nSPS) is 9.88. The number of aryl methyl sites for hydroxylation is 1. The molecule has 1 rings (SSSR count). The van der Waals surface area contributed by atoms with Gasteiger partial charge in [-0.1, -0.05) is 25.1 Å². The average molecular weight is 220 g/mol. The molecule has 1 amide bonds. The van der Waals surface area contributed by atoms with Crippen molar-refractivity contribution in [3.8, 4) is 0 Å². The van der Waals surface area contributed by atoms with Crippen LogP contribution in [-0.2, 0) is 11.2 Å². The largest absolute Gasteiger partial charge is 0.384 e. The predicted molar refractivity (Wildman–Crippen MR) is 67.6 cm³/mol. The minimum Gasteiger partial charge on any atom is -0.384 e. The molecule has 0 spiro atoms. The lowest BCUT2D eigenvalue weighted by atomic mass is 10.1. The van der Waals surface area contributed by atoms with Crippen molar-refractivity contribution >= 4 is 11.6 Å². The summed E-state index contributed by atoms with van der Waals surface area (Å²) in [6, 6.07) is 8.20. The van der Waals surface area contributed by atoms with Gasteiger partial charge >= 0.3 is 0 Å². The van der Waals surface area contributed by atoms with Gasteiger partial charge in [0.15, 0.2) is 0 Å². The number of hydrogen-bond acceptors (Lipinski definition) is 2. The highest BCUT2D eigenvalue weighted by molar-refractivity contribution is 5.76. The number of amides is 1. The number of para-hydroxylation sites is 1. The van der Waals surface area contributed by atoms with Crippen LogP contribution < -0.4 is 10.6 Å². The summed E-state index contributed by atoms with van der Waals surface area (Å²) in [6.07, 6.45) is 1.52. The van der Waals surface area contributed by atoms with Crippen LogP contribution in [0.25, 0.3) is 0 Å². The topological polar surface area (TPSA) is 41.1 Å². The van der Waals surface area contributed by atoms with Crippen LogP contribution in [0.3, 0.4) is 0 Å². The summed E-state index contributed by atoms with van der Waals surface area (Å²) in [5, 5.41) is 6.07. The van der Waals surface area contributed by atoms with Crippen molar-refractivity contribution in [2.24, 2.45) is 0 Å². The molecular formula is C13H20N2O. The highest BCUT2D eigenvalue weighted by Gasteiger charge is 2.01. The second-order valence-corrected chi connectivity index (χ2v) is 3.64. The Labute approximate surface area is 97.2 Å². The molecule has 0 unspecified atom stereocenters. The Morgan fingerprint density at radius 1 is 1.25 bits per heavy atom. The third kappa shape index (κ3) is 3.93. The van der Waals surface area contributed by atoms with Gasteiger partial charge in [0, 0.05) is 25.2 Å². The number of benzene rings is 1. The fraction of sp³-hybridized carbons (Fsp3) is 0.462. The Morgan fingerprint density at radius 3 is 2.69 bits per heavy atom. The molecule has 0 bridgehead atoms. The molecule has 1 aromatic rings. The SMILES string of the molecule is CCNC(=O)CCNc1ccccc1CC. The molecule has 0 aliphatic carbocycles. The first kappa shape index (κ1) is 12.6. The molecule has 0 aromatic heterocycles. The van der Waals surface area contributed by atoms with Gasteiger partial charge in [-0.3, -0.25) is 4.79 Å². The van der Waals surface area contributed by atoms with E-state index in [4.69, 9.17) is 0 Å². The lowest BCUT2D eigenvalue weighted by molar-refractivity contribution is -0.120. The highest BCUT2D eigenvalue weighted by atomic mass is 16.1. The van der Waals surface area contributed by atoms with E-state index >= 15 is 0 Å². The molecule has 1 aromatic carbocycles. The first-order chi connectivity index (χ1) is 7.77. The highest BCUT2D eigenvalue weighted by Crippen LogP contribution is 2.14. The molecule has 2 N–H and O–H groups in total. The second kappa shape index (κ2) is 6.88. The molecule has 0 heterocycles. The van der Waals surface area contributed by atoms with Gasteiger partial charge in [0.25, 0.3) is 0 Å². The summed E-state index contributed by atoms with van der Waals surface area (Å²) in [6.45, 7) is 5.44. The number of nitrogens with one attached hydrogen (secondary N) is 2. The smallest absolute Gasteiger partial charge is 0.221 e. The van der Waals surface area contributed by atoms with Gasteiger partial charge in [-0.25, -0.2) is 0 Å². The number of carbonyl (C=O) groups is 1. The van der Waals surface area contributed by atoms with Gasteiger partial charge < -0.3 is 10.6 Å². The van der Waals surface area contributed by atoms with Crippen molar-refractivity contribution in [3.05, 3.63) is 29.8 Å². The Morgan fingerprint density at radius 2 is 2.00 bits per heavy atom. The monoisotopic (exact) mass is 220 g/mol. The van der Waals surface area contributed by atoms with Crippen LogP contribution in [0.1, 0.15) is 25.8 Å². The number of hydrogen-bond donors (Lipinski definition) is 2. The van der Waals surface area contributed by atoms with Crippen molar-refractivity contribution in [2.75, 3.05) is 18.4 Å². The van der Waals surface area contributed by atoms with Crippen molar-refractivity contribution in [1.29, 1.82) is 0 Å². The fourth-order valence-corrected chi connectivity index (χ4v) is 1.60. The van der Waals surface area contributed by atoms with E-state index in [0.29, 0.717) is 19.5 Å². The average Bonchev–Trinajstić information content (AvgIpc) is 2.30. The Bertz CT molecular complexity index is 336. The molecule has 0 saturated heterocycles. The van der Waals surface area contributed by atoms with E-state index < -0.39 is 0 Å². The van der Waals surface area contributed by atoms with Crippen LogP contribution in [0, 0.1) is 0 Å². The van der Waals surface area contributed by atoms with Gasteiger partial charge in [0.2, 0.25) is 5.91 Å². The zero-order valence-corrected chi connectivity index (χ0v) is 10.0. The summed E-state index contributed by atoms with van der Waals surface area (Å²) in [7, 11) is 0. The van der Waals surface area contributed by atoms with E-state index in [9.17, 15) is 4.79 Å². The van der Waals surface area contributed by atoms with Crippen LogP contribution in [0.2, 0.25) is 0 Å². The van der Waals surface area contributed by atoms with Crippen molar-refractivity contribution < 1.29 is 4.79 Å². The molecule has 0 aliphatic rings. The van der Waals surface area contributed by atoms with E-state index in [1.165, 1.54) is 5.56 Å². The summed E-state index contributed by atoms with van der Waals surface area (Å²) in [5.41, 5.74) is 2.42. The summed E-state index contributed by atoms with van der Waals surface area (Å²) < 4.78 is 0. The minimum absolute atomic E-state index is 0.101. The molecule has 0 radical (unpaired) electrons. The van der Waals surface area contributed by atoms with Crippen molar-refractivity contribution in [3.63, 3.8) is 0 Å². The molecule has 0 saturated carbocycles. The molecule has 88 valence electrons. The Hall–Kier alpha value is -1.51. The third-order valence-corrected chi connectivity index (χ3v) is 2.44. The Balaban J connectivity index is 2.39. The van der Waals surface area contributed by atoms with Crippen molar-refractivity contribution in [1.82, 2.24) is 5.32 Å².